The van der Waals surface area contributed by atoms with Crippen molar-refractivity contribution in [1.29, 1.82) is 0 Å². The van der Waals surface area contributed by atoms with Gasteiger partial charge in [0.25, 0.3) is 0 Å². The predicted octanol–water partition coefficient (Wildman–Crippen LogP) is 1.63. The third-order valence-corrected chi connectivity index (χ3v) is 2.49. The number of carbonyl (C=O) groups excluding carboxylic acids is 1. The van der Waals surface area contributed by atoms with Crippen LogP contribution in [0.15, 0.2) is 0 Å². The first kappa shape index (κ1) is 8.72. The van der Waals surface area contributed by atoms with Gasteiger partial charge in [-0.1, -0.05) is 19.3 Å². The molecule has 1 unspecified atom stereocenters. The molecular weight excluding hydrogens is 138 g/mol. The van der Waals surface area contributed by atoms with Crippen LogP contribution >= 0.6 is 0 Å². The molecular formula is C9H17NO. The lowest BCUT2D eigenvalue weighted by Gasteiger charge is -2.24. The van der Waals surface area contributed by atoms with Gasteiger partial charge in [0.1, 0.15) is 0 Å². The average Bonchev–Trinajstić information content (AvgIpc) is 1.93. The van der Waals surface area contributed by atoms with Crippen LogP contribution in [0.1, 0.15) is 45.4 Å². The van der Waals surface area contributed by atoms with Crippen molar-refractivity contribution in [2.24, 2.45) is 5.73 Å². The largest absolute Gasteiger partial charge is 0.319 e. The monoisotopic (exact) mass is 155 g/mol. The Morgan fingerprint density at radius 3 is 2.64 bits per heavy atom. The van der Waals surface area contributed by atoms with E-state index in [0.29, 0.717) is 6.42 Å². The number of nitrogens with two attached hydrogens (primary N) is 1. The number of Topliss-reactive ketones (excluding diaryl/α,β-unsaturated/α-hetero) is 1. The van der Waals surface area contributed by atoms with E-state index in [1.165, 1.54) is 12.8 Å². The molecule has 1 saturated carbocycles. The Kier molecular flexibility index (Phi) is 2.66. The molecule has 1 aliphatic rings. The van der Waals surface area contributed by atoms with Gasteiger partial charge in [-0.3, -0.25) is 4.79 Å². The van der Waals surface area contributed by atoms with E-state index >= 15 is 0 Å². The Morgan fingerprint density at radius 1 is 1.27 bits per heavy atom. The van der Waals surface area contributed by atoms with Crippen LogP contribution in [0.5, 0.6) is 0 Å². The molecule has 0 bridgehead atoms. The number of hydrogen-bond donors (Lipinski definition) is 1. The maximum atomic E-state index is 11.4. The van der Waals surface area contributed by atoms with E-state index in [1.54, 1.807) is 0 Å². The number of rotatable bonds is 0. The van der Waals surface area contributed by atoms with Gasteiger partial charge in [0.2, 0.25) is 0 Å². The van der Waals surface area contributed by atoms with E-state index < -0.39 is 5.54 Å². The normalized spacial score (nSPS) is 34.5. The maximum Gasteiger partial charge on any atom is 0.152 e. The van der Waals surface area contributed by atoms with Gasteiger partial charge in [-0.15, -0.1) is 0 Å². The highest BCUT2D eigenvalue weighted by atomic mass is 16.1. The quantitative estimate of drug-likeness (QED) is 0.577. The fraction of sp³-hybridized carbons (Fsp3) is 0.889. The second-order valence-electron chi connectivity index (χ2n) is 3.75. The molecule has 1 rings (SSSR count). The van der Waals surface area contributed by atoms with Gasteiger partial charge in [-0.25, -0.2) is 0 Å². The van der Waals surface area contributed by atoms with Gasteiger partial charge in [-0.05, 0) is 19.8 Å². The first-order valence-electron chi connectivity index (χ1n) is 4.45. The SMILES string of the molecule is CC1(N)CCCCCCC1=O. The summed E-state index contributed by atoms with van der Waals surface area (Å²) in [4.78, 5) is 11.4. The molecule has 2 N–H and O–H groups in total. The van der Waals surface area contributed by atoms with Gasteiger partial charge in [-0.2, -0.15) is 0 Å². The molecule has 0 aromatic heterocycles. The average molecular weight is 155 g/mol. The van der Waals surface area contributed by atoms with Gasteiger partial charge >= 0.3 is 0 Å². The smallest absolute Gasteiger partial charge is 0.152 e. The van der Waals surface area contributed by atoms with Crippen LogP contribution in [-0.4, -0.2) is 11.3 Å². The molecule has 0 amide bonds. The van der Waals surface area contributed by atoms with E-state index in [9.17, 15) is 4.79 Å². The summed E-state index contributed by atoms with van der Waals surface area (Å²) >= 11 is 0. The molecule has 1 fully saturated rings. The standard InChI is InChI=1S/C9H17NO/c1-9(10)7-5-3-2-4-6-8(9)11/h2-7,10H2,1H3. The Balaban J connectivity index is 2.54. The Hall–Kier alpha value is -0.370. The van der Waals surface area contributed by atoms with Gasteiger partial charge < -0.3 is 5.73 Å². The third kappa shape index (κ3) is 2.29. The summed E-state index contributed by atoms with van der Waals surface area (Å²) in [6.07, 6.45) is 6.13. The molecule has 0 heterocycles. The van der Waals surface area contributed by atoms with Crippen molar-refractivity contribution >= 4 is 5.78 Å². The van der Waals surface area contributed by atoms with Crippen molar-refractivity contribution in [2.45, 2.75) is 51.0 Å². The van der Waals surface area contributed by atoms with Crippen LogP contribution in [0.2, 0.25) is 0 Å². The lowest BCUT2D eigenvalue weighted by molar-refractivity contribution is -0.124. The molecule has 11 heavy (non-hydrogen) atoms. The minimum absolute atomic E-state index is 0.247. The number of hydrogen-bond acceptors (Lipinski definition) is 2. The maximum absolute atomic E-state index is 11.4. The van der Waals surface area contributed by atoms with Crippen LogP contribution in [0.4, 0.5) is 0 Å². The van der Waals surface area contributed by atoms with E-state index in [2.05, 4.69) is 0 Å². The number of ketones is 1. The summed E-state index contributed by atoms with van der Waals surface area (Å²) in [5.41, 5.74) is 5.31. The van der Waals surface area contributed by atoms with Crippen LogP contribution in [0.25, 0.3) is 0 Å². The van der Waals surface area contributed by atoms with E-state index in [4.69, 9.17) is 5.73 Å². The first-order chi connectivity index (χ1) is 5.13. The fourth-order valence-electron chi connectivity index (χ4n) is 1.56. The lowest BCUT2D eigenvalue weighted by atomic mass is 9.85. The molecule has 2 heteroatoms. The second-order valence-corrected chi connectivity index (χ2v) is 3.75. The van der Waals surface area contributed by atoms with Gasteiger partial charge in [0, 0.05) is 6.42 Å². The van der Waals surface area contributed by atoms with Crippen LogP contribution in [0.3, 0.4) is 0 Å². The lowest BCUT2D eigenvalue weighted by Crippen LogP contribution is -2.45. The number of carbonyl (C=O) groups is 1. The van der Waals surface area contributed by atoms with Crippen molar-refractivity contribution in [3.63, 3.8) is 0 Å². The summed E-state index contributed by atoms with van der Waals surface area (Å²) in [6, 6.07) is 0. The summed E-state index contributed by atoms with van der Waals surface area (Å²) in [7, 11) is 0. The van der Waals surface area contributed by atoms with Crippen LogP contribution in [0, 0.1) is 0 Å². The Labute approximate surface area is 68.2 Å². The first-order valence-corrected chi connectivity index (χ1v) is 4.45. The second kappa shape index (κ2) is 3.35. The minimum atomic E-state index is -0.527. The molecule has 2 nitrogen and oxygen atoms in total. The van der Waals surface area contributed by atoms with Crippen LogP contribution in [-0.2, 0) is 4.79 Å². The minimum Gasteiger partial charge on any atom is -0.319 e. The highest BCUT2D eigenvalue weighted by Gasteiger charge is 2.27. The zero-order chi connectivity index (χ0) is 8.32. The molecule has 0 aromatic carbocycles. The summed E-state index contributed by atoms with van der Waals surface area (Å²) in [5, 5.41) is 0. The zero-order valence-corrected chi connectivity index (χ0v) is 7.23. The summed E-state index contributed by atoms with van der Waals surface area (Å²) in [6.45, 7) is 1.86. The highest BCUT2D eigenvalue weighted by molar-refractivity contribution is 5.87. The molecule has 1 atom stereocenters. The summed E-state index contributed by atoms with van der Waals surface area (Å²) < 4.78 is 0. The molecule has 0 radical (unpaired) electrons. The van der Waals surface area contributed by atoms with Crippen molar-refractivity contribution < 1.29 is 4.79 Å². The molecule has 0 aromatic rings. The molecule has 0 saturated heterocycles. The van der Waals surface area contributed by atoms with Gasteiger partial charge in [0.05, 0.1) is 5.54 Å². The molecule has 0 spiro atoms. The molecule has 1 aliphatic carbocycles. The van der Waals surface area contributed by atoms with Crippen LogP contribution < -0.4 is 5.73 Å². The Bertz CT molecular complexity index is 152. The van der Waals surface area contributed by atoms with Crippen molar-refractivity contribution in [3.05, 3.63) is 0 Å². The Morgan fingerprint density at radius 2 is 1.91 bits per heavy atom. The fourth-order valence-corrected chi connectivity index (χ4v) is 1.56. The van der Waals surface area contributed by atoms with Crippen molar-refractivity contribution in [1.82, 2.24) is 0 Å². The van der Waals surface area contributed by atoms with Crippen molar-refractivity contribution in [2.75, 3.05) is 0 Å². The van der Waals surface area contributed by atoms with E-state index in [-0.39, 0.29) is 5.78 Å². The third-order valence-electron chi connectivity index (χ3n) is 2.49. The molecule has 64 valence electrons. The highest BCUT2D eigenvalue weighted by Crippen LogP contribution is 2.20. The van der Waals surface area contributed by atoms with Gasteiger partial charge in [0.15, 0.2) is 5.78 Å². The molecule has 0 aliphatic heterocycles. The van der Waals surface area contributed by atoms with Crippen molar-refractivity contribution in [3.8, 4) is 0 Å². The predicted molar refractivity (Wildman–Crippen MR) is 45.3 cm³/mol. The van der Waals surface area contributed by atoms with E-state index in [1.807, 2.05) is 6.92 Å². The topological polar surface area (TPSA) is 43.1 Å². The van der Waals surface area contributed by atoms with E-state index in [0.717, 1.165) is 19.3 Å². The zero-order valence-electron chi connectivity index (χ0n) is 7.23. The summed E-state index contributed by atoms with van der Waals surface area (Å²) in [5.74, 6) is 0.247.